The Bertz CT molecular complexity index is 546. The maximum atomic E-state index is 11.0. The van der Waals surface area contributed by atoms with Gasteiger partial charge >= 0.3 is 0 Å². The van der Waals surface area contributed by atoms with Crippen LogP contribution in [-0.2, 0) is 0 Å². The molecule has 0 fully saturated rings. The number of carbonyl (C=O) groups is 1. The molecule has 0 atom stereocenters. The average Bonchev–Trinajstić information content (AvgIpc) is 2.60. The van der Waals surface area contributed by atoms with Crippen molar-refractivity contribution in [1.82, 2.24) is 9.78 Å². The third-order valence-electron chi connectivity index (χ3n) is 2.19. The molecule has 6 nitrogen and oxygen atoms in total. The van der Waals surface area contributed by atoms with Gasteiger partial charge in [0.15, 0.2) is 0 Å². The lowest BCUT2D eigenvalue weighted by molar-refractivity contribution is 0.100. The van der Waals surface area contributed by atoms with Crippen molar-refractivity contribution in [2.75, 3.05) is 11.5 Å². The van der Waals surface area contributed by atoms with E-state index in [1.807, 2.05) is 0 Å². The highest BCUT2D eigenvalue weighted by atomic mass is 16.1. The molecule has 1 amide bonds. The molecular formula is C10H11N5O. The van der Waals surface area contributed by atoms with Gasteiger partial charge in [0.25, 0.3) is 5.91 Å². The first-order valence-electron chi connectivity index (χ1n) is 4.59. The zero-order valence-corrected chi connectivity index (χ0v) is 8.42. The van der Waals surface area contributed by atoms with Crippen LogP contribution in [0.4, 0.5) is 11.5 Å². The van der Waals surface area contributed by atoms with Crippen LogP contribution in [0.2, 0.25) is 0 Å². The number of rotatable bonds is 2. The number of aromatic nitrogens is 2. The zero-order valence-electron chi connectivity index (χ0n) is 8.42. The monoisotopic (exact) mass is 217 g/mol. The van der Waals surface area contributed by atoms with E-state index >= 15 is 0 Å². The van der Waals surface area contributed by atoms with E-state index in [-0.39, 0.29) is 11.4 Å². The first-order chi connectivity index (χ1) is 7.59. The largest absolute Gasteiger partial charge is 0.399 e. The van der Waals surface area contributed by atoms with Gasteiger partial charge in [0.1, 0.15) is 11.4 Å². The molecule has 0 saturated carbocycles. The normalized spacial score (nSPS) is 10.2. The predicted molar refractivity (Wildman–Crippen MR) is 60.9 cm³/mol. The van der Waals surface area contributed by atoms with Gasteiger partial charge in [0, 0.05) is 5.69 Å². The van der Waals surface area contributed by atoms with Crippen LogP contribution in [0.1, 0.15) is 10.4 Å². The SMILES string of the molecule is NC(=O)c1cnn(-c2cccc(N)c2)c1N. The lowest BCUT2D eigenvalue weighted by atomic mass is 10.2. The van der Waals surface area contributed by atoms with Crippen molar-refractivity contribution in [3.05, 3.63) is 36.0 Å². The first kappa shape index (κ1) is 10.0. The van der Waals surface area contributed by atoms with E-state index in [2.05, 4.69) is 5.10 Å². The van der Waals surface area contributed by atoms with Crippen molar-refractivity contribution in [2.24, 2.45) is 5.73 Å². The first-order valence-corrected chi connectivity index (χ1v) is 4.59. The highest BCUT2D eigenvalue weighted by Crippen LogP contribution is 2.18. The van der Waals surface area contributed by atoms with E-state index in [1.165, 1.54) is 10.9 Å². The number of hydrogen-bond donors (Lipinski definition) is 3. The summed E-state index contributed by atoms with van der Waals surface area (Å²) in [4.78, 5) is 11.0. The molecule has 1 aromatic heterocycles. The van der Waals surface area contributed by atoms with Crippen molar-refractivity contribution < 1.29 is 4.79 Å². The fourth-order valence-electron chi connectivity index (χ4n) is 1.41. The molecule has 1 heterocycles. The molecule has 6 N–H and O–H groups in total. The van der Waals surface area contributed by atoms with E-state index < -0.39 is 5.91 Å². The fourth-order valence-corrected chi connectivity index (χ4v) is 1.41. The van der Waals surface area contributed by atoms with Crippen LogP contribution in [-0.4, -0.2) is 15.7 Å². The molecule has 1 aromatic carbocycles. The molecule has 0 aliphatic heterocycles. The summed E-state index contributed by atoms with van der Waals surface area (Å²) in [5.74, 6) is -0.397. The van der Waals surface area contributed by atoms with Crippen LogP contribution in [0, 0.1) is 0 Å². The Morgan fingerprint density at radius 2 is 2.06 bits per heavy atom. The number of anilines is 2. The minimum absolute atomic E-state index is 0.197. The van der Waals surface area contributed by atoms with Crippen molar-refractivity contribution in [2.45, 2.75) is 0 Å². The van der Waals surface area contributed by atoms with E-state index in [1.54, 1.807) is 24.3 Å². The van der Waals surface area contributed by atoms with E-state index in [9.17, 15) is 4.79 Å². The number of carbonyl (C=O) groups excluding carboxylic acids is 1. The number of hydrogen-bond acceptors (Lipinski definition) is 4. The second kappa shape index (κ2) is 3.58. The molecule has 0 aliphatic rings. The summed E-state index contributed by atoms with van der Waals surface area (Å²) in [5, 5.41) is 3.98. The Morgan fingerprint density at radius 1 is 1.31 bits per heavy atom. The third kappa shape index (κ3) is 1.56. The summed E-state index contributed by atoms with van der Waals surface area (Å²) < 4.78 is 1.41. The summed E-state index contributed by atoms with van der Waals surface area (Å²) in [7, 11) is 0. The third-order valence-corrected chi connectivity index (χ3v) is 2.19. The molecule has 0 unspecified atom stereocenters. The number of amides is 1. The standard InChI is InChI=1S/C10H11N5O/c11-6-2-1-3-7(4-6)15-9(12)8(5-14-15)10(13)16/h1-5H,11-12H2,(H2,13,16). The Kier molecular flexibility index (Phi) is 2.24. The van der Waals surface area contributed by atoms with Gasteiger partial charge in [-0.25, -0.2) is 4.68 Å². The quantitative estimate of drug-likeness (QED) is 0.620. The van der Waals surface area contributed by atoms with Crippen molar-refractivity contribution in [3.63, 3.8) is 0 Å². The van der Waals surface area contributed by atoms with Gasteiger partial charge in [0.05, 0.1) is 11.9 Å². The predicted octanol–water partition coefficient (Wildman–Crippen LogP) is 0.136. The summed E-state index contributed by atoms with van der Waals surface area (Å²) >= 11 is 0. The molecule has 0 aliphatic carbocycles. The lowest BCUT2D eigenvalue weighted by Crippen LogP contribution is -2.13. The molecular weight excluding hydrogens is 206 g/mol. The Hall–Kier alpha value is -2.50. The minimum Gasteiger partial charge on any atom is -0.399 e. The highest BCUT2D eigenvalue weighted by Gasteiger charge is 2.12. The lowest BCUT2D eigenvalue weighted by Gasteiger charge is -2.04. The Labute approximate surface area is 91.6 Å². The minimum atomic E-state index is -0.604. The number of nitrogens with two attached hydrogens (primary N) is 3. The van der Waals surface area contributed by atoms with Crippen LogP contribution in [0.3, 0.4) is 0 Å². The van der Waals surface area contributed by atoms with Gasteiger partial charge in [-0.05, 0) is 18.2 Å². The molecule has 0 spiro atoms. The molecule has 0 saturated heterocycles. The van der Waals surface area contributed by atoms with Crippen LogP contribution < -0.4 is 17.2 Å². The van der Waals surface area contributed by atoms with Gasteiger partial charge in [-0.2, -0.15) is 5.10 Å². The van der Waals surface area contributed by atoms with Crippen molar-refractivity contribution in [3.8, 4) is 5.69 Å². The van der Waals surface area contributed by atoms with E-state index in [0.717, 1.165) is 0 Å². The van der Waals surface area contributed by atoms with Crippen LogP contribution in [0.25, 0.3) is 5.69 Å². The van der Waals surface area contributed by atoms with Crippen LogP contribution in [0.15, 0.2) is 30.5 Å². The van der Waals surface area contributed by atoms with Crippen LogP contribution >= 0.6 is 0 Å². The molecule has 2 aromatic rings. The summed E-state index contributed by atoms with van der Waals surface area (Å²) in [6.45, 7) is 0. The smallest absolute Gasteiger partial charge is 0.254 e. The summed E-state index contributed by atoms with van der Waals surface area (Å²) in [5.41, 5.74) is 18.0. The number of primary amides is 1. The second-order valence-electron chi connectivity index (χ2n) is 3.31. The van der Waals surface area contributed by atoms with Gasteiger partial charge < -0.3 is 17.2 Å². The Morgan fingerprint density at radius 3 is 2.62 bits per heavy atom. The maximum absolute atomic E-state index is 11.0. The van der Waals surface area contributed by atoms with Crippen molar-refractivity contribution in [1.29, 1.82) is 0 Å². The maximum Gasteiger partial charge on any atom is 0.254 e. The highest BCUT2D eigenvalue weighted by molar-refractivity contribution is 5.97. The zero-order chi connectivity index (χ0) is 11.7. The number of benzene rings is 1. The number of nitrogens with zero attached hydrogens (tertiary/aromatic N) is 2. The van der Waals surface area contributed by atoms with Gasteiger partial charge in [0.2, 0.25) is 0 Å². The molecule has 0 bridgehead atoms. The van der Waals surface area contributed by atoms with E-state index in [4.69, 9.17) is 17.2 Å². The van der Waals surface area contributed by atoms with Gasteiger partial charge in [-0.15, -0.1) is 0 Å². The fraction of sp³-hybridized carbons (Fsp3) is 0. The van der Waals surface area contributed by atoms with Gasteiger partial charge in [-0.1, -0.05) is 6.07 Å². The molecule has 2 rings (SSSR count). The van der Waals surface area contributed by atoms with Crippen molar-refractivity contribution >= 4 is 17.4 Å². The molecule has 6 heteroatoms. The van der Waals surface area contributed by atoms with Crippen LogP contribution in [0.5, 0.6) is 0 Å². The summed E-state index contributed by atoms with van der Waals surface area (Å²) in [6, 6.07) is 7.01. The Balaban J connectivity index is 2.53. The number of nitrogen functional groups attached to an aromatic ring is 2. The topological polar surface area (TPSA) is 113 Å². The molecule has 0 radical (unpaired) electrons. The second-order valence-corrected chi connectivity index (χ2v) is 3.31. The van der Waals surface area contributed by atoms with Gasteiger partial charge in [-0.3, -0.25) is 4.79 Å². The molecule has 16 heavy (non-hydrogen) atoms. The van der Waals surface area contributed by atoms with E-state index in [0.29, 0.717) is 11.4 Å². The molecule has 82 valence electrons. The average molecular weight is 217 g/mol. The summed E-state index contributed by atoms with van der Waals surface area (Å²) in [6.07, 6.45) is 1.33.